The number of carboxylic acids is 1. The van der Waals surface area contributed by atoms with Gasteiger partial charge in [-0.05, 0) is 19.3 Å². The lowest BCUT2D eigenvalue weighted by Crippen LogP contribution is -2.46. The van der Waals surface area contributed by atoms with Crippen molar-refractivity contribution in [2.45, 2.75) is 25.3 Å². The number of carbonyl (C=O) groups is 2. The molecule has 1 heterocycles. The van der Waals surface area contributed by atoms with E-state index in [1.54, 1.807) is 7.11 Å². The summed E-state index contributed by atoms with van der Waals surface area (Å²) in [5, 5.41) is 11.7. The van der Waals surface area contributed by atoms with Crippen molar-refractivity contribution in [1.29, 1.82) is 0 Å². The van der Waals surface area contributed by atoms with Crippen LogP contribution >= 0.6 is 0 Å². The average molecular weight is 274 g/mol. The third-order valence-electron chi connectivity index (χ3n) is 2.97. The second-order valence-electron chi connectivity index (χ2n) is 4.38. The summed E-state index contributed by atoms with van der Waals surface area (Å²) < 4.78 is 10.1. The molecule has 1 saturated heterocycles. The van der Waals surface area contributed by atoms with Crippen LogP contribution in [0.1, 0.15) is 19.3 Å². The lowest BCUT2D eigenvalue weighted by molar-refractivity contribution is -0.141. The van der Waals surface area contributed by atoms with Gasteiger partial charge in [0.05, 0.1) is 13.2 Å². The van der Waals surface area contributed by atoms with E-state index in [9.17, 15) is 9.59 Å². The molecule has 1 fully saturated rings. The standard InChI is InChI=1S/C12H22N2O5/c1-18-8-9-19-7-3-5-13-12(17)14-6-2-4-10(14)11(15)16/h10H,2-9H2,1H3,(H,13,17)(H,15,16). The van der Waals surface area contributed by atoms with Crippen LogP contribution in [0.15, 0.2) is 0 Å². The zero-order valence-corrected chi connectivity index (χ0v) is 11.3. The first kappa shape index (κ1) is 15.7. The van der Waals surface area contributed by atoms with Crippen LogP contribution in [0.2, 0.25) is 0 Å². The summed E-state index contributed by atoms with van der Waals surface area (Å²) >= 11 is 0. The SMILES string of the molecule is COCCOCCCNC(=O)N1CCCC1C(=O)O. The highest BCUT2D eigenvalue weighted by Gasteiger charge is 2.33. The first-order valence-corrected chi connectivity index (χ1v) is 6.50. The molecule has 2 N–H and O–H groups in total. The van der Waals surface area contributed by atoms with Gasteiger partial charge in [-0.2, -0.15) is 0 Å². The molecule has 0 aliphatic carbocycles. The number of urea groups is 1. The zero-order valence-electron chi connectivity index (χ0n) is 11.3. The van der Waals surface area contributed by atoms with E-state index in [1.165, 1.54) is 4.90 Å². The van der Waals surface area contributed by atoms with Gasteiger partial charge in [-0.1, -0.05) is 0 Å². The number of nitrogens with one attached hydrogen (secondary N) is 1. The fourth-order valence-corrected chi connectivity index (χ4v) is 1.98. The van der Waals surface area contributed by atoms with Crippen molar-refractivity contribution < 1.29 is 24.2 Å². The highest BCUT2D eigenvalue weighted by molar-refractivity contribution is 5.83. The van der Waals surface area contributed by atoms with Crippen molar-refractivity contribution in [3.63, 3.8) is 0 Å². The second kappa shape index (κ2) is 8.71. The van der Waals surface area contributed by atoms with Crippen molar-refractivity contribution in [3.05, 3.63) is 0 Å². The average Bonchev–Trinajstić information content (AvgIpc) is 2.87. The van der Waals surface area contributed by atoms with Crippen molar-refractivity contribution in [1.82, 2.24) is 10.2 Å². The molecule has 1 unspecified atom stereocenters. The lowest BCUT2D eigenvalue weighted by Gasteiger charge is -2.21. The summed E-state index contributed by atoms with van der Waals surface area (Å²) in [6.45, 7) is 2.63. The normalized spacial score (nSPS) is 18.6. The van der Waals surface area contributed by atoms with Crippen molar-refractivity contribution in [2.75, 3.05) is 40.0 Å². The van der Waals surface area contributed by atoms with Crippen LogP contribution in [0.3, 0.4) is 0 Å². The van der Waals surface area contributed by atoms with Gasteiger partial charge >= 0.3 is 12.0 Å². The summed E-state index contributed by atoms with van der Waals surface area (Å²) in [6.07, 6.45) is 1.97. The molecule has 0 spiro atoms. The fraction of sp³-hybridized carbons (Fsp3) is 0.833. The molecule has 7 nitrogen and oxygen atoms in total. The van der Waals surface area contributed by atoms with Crippen molar-refractivity contribution in [2.24, 2.45) is 0 Å². The van der Waals surface area contributed by atoms with Crippen LogP contribution < -0.4 is 5.32 Å². The van der Waals surface area contributed by atoms with E-state index in [2.05, 4.69) is 5.32 Å². The fourth-order valence-electron chi connectivity index (χ4n) is 1.98. The molecule has 110 valence electrons. The summed E-state index contributed by atoms with van der Waals surface area (Å²) in [5.74, 6) is -0.935. The zero-order chi connectivity index (χ0) is 14.1. The van der Waals surface area contributed by atoms with Gasteiger partial charge in [-0.15, -0.1) is 0 Å². The Balaban J connectivity index is 2.12. The van der Waals surface area contributed by atoms with Crippen LogP contribution in [0, 0.1) is 0 Å². The Morgan fingerprint density at radius 2 is 2.16 bits per heavy atom. The number of aliphatic carboxylic acids is 1. The molecular weight excluding hydrogens is 252 g/mol. The summed E-state index contributed by atoms with van der Waals surface area (Å²) in [6, 6.07) is -0.986. The Kier molecular flexibility index (Phi) is 7.20. The Hall–Kier alpha value is -1.34. The highest BCUT2D eigenvalue weighted by atomic mass is 16.5. The Bertz CT molecular complexity index is 298. The molecule has 7 heteroatoms. The minimum absolute atomic E-state index is 0.304. The number of amides is 2. The van der Waals surface area contributed by atoms with Crippen molar-refractivity contribution >= 4 is 12.0 Å². The van der Waals surface area contributed by atoms with Crippen LogP contribution in [-0.4, -0.2) is 68.1 Å². The third-order valence-corrected chi connectivity index (χ3v) is 2.97. The van der Waals surface area contributed by atoms with E-state index < -0.39 is 12.0 Å². The Morgan fingerprint density at radius 3 is 2.84 bits per heavy atom. The molecule has 0 radical (unpaired) electrons. The van der Waals surface area contributed by atoms with Gasteiger partial charge in [-0.25, -0.2) is 9.59 Å². The molecule has 1 rings (SSSR count). The first-order valence-electron chi connectivity index (χ1n) is 6.50. The molecule has 1 aliphatic rings. The van der Waals surface area contributed by atoms with Gasteiger partial charge in [0.25, 0.3) is 0 Å². The minimum atomic E-state index is -0.935. The highest BCUT2D eigenvalue weighted by Crippen LogP contribution is 2.17. The van der Waals surface area contributed by atoms with E-state index in [0.29, 0.717) is 45.8 Å². The van der Waals surface area contributed by atoms with Gasteiger partial charge in [0, 0.05) is 26.8 Å². The largest absolute Gasteiger partial charge is 0.480 e. The molecular formula is C12H22N2O5. The third kappa shape index (κ3) is 5.44. The molecule has 0 bridgehead atoms. The first-order chi connectivity index (χ1) is 9.16. The summed E-state index contributed by atoms with van der Waals surface area (Å²) in [4.78, 5) is 24.1. The quantitative estimate of drug-likeness (QED) is 0.621. The molecule has 2 amide bonds. The van der Waals surface area contributed by atoms with E-state index >= 15 is 0 Å². The Labute approximate surface area is 112 Å². The van der Waals surface area contributed by atoms with E-state index in [0.717, 1.165) is 6.42 Å². The van der Waals surface area contributed by atoms with Gasteiger partial charge in [0.15, 0.2) is 0 Å². The monoisotopic (exact) mass is 274 g/mol. The minimum Gasteiger partial charge on any atom is -0.480 e. The number of likely N-dealkylation sites (tertiary alicyclic amines) is 1. The lowest BCUT2D eigenvalue weighted by atomic mass is 10.2. The van der Waals surface area contributed by atoms with Crippen LogP contribution in [0.25, 0.3) is 0 Å². The van der Waals surface area contributed by atoms with Crippen LogP contribution in [0.4, 0.5) is 4.79 Å². The summed E-state index contributed by atoms with van der Waals surface area (Å²) in [7, 11) is 1.61. The molecule has 0 aromatic heterocycles. The molecule has 19 heavy (non-hydrogen) atoms. The van der Waals surface area contributed by atoms with Crippen LogP contribution in [-0.2, 0) is 14.3 Å². The number of methoxy groups -OCH3 is 1. The maximum Gasteiger partial charge on any atom is 0.326 e. The van der Waals surface area contributed by atoms with Crippen molar-refractivity contribution in [3.8, 4) is 0 Å². The number of hydrogen-bond donors (Lipinski definition) is 2. The Morgan fingerprint density at radius 1 is 1.37 bits per heavy atom. The van der Waals surface area contributed by atoms with Gasteiger partial charge < -0.3 is 24.8 Å². The van der Waals surface area contributed by atoms with E-state index in [-0.39, 0.29) is 6.03 Å². The predicted molar refractivity (Wildman–Crippen MR) is 68.1 cm³/mol. The number of ether oxygens (including phenoxy) is 2. The molecule has 0 saturated carbocycles. The molecule has 1 atom stereocenters. The molecule has 0 aromatic carbocycles. The molecule has 0 aromatic rings. The van der Waals surface area contributed by atoms with E-state index in [4.69, 9.17) is 14.6 Å². The number of carbonyl (C=O) groups excluding carboxylic acids is 1. The number of nitrogens with zero attached hydrogens (tertiary/aromatic N) is 1. The van der Waals surface area contributed by atoms with E-state index in [1.807, 2.05) is 0 Å². The number of carboxylic acid groups (broad SMARTS) is 1. The van der Waals surface area contributed by atoms with Gasteiger partial charge in [0.2, 0.25) is 0 Å². The van der Waals surface area contributed by atoms with Gasteiger partial charge in [-0.3, -0.25) is 0 Å². The number of rotatable bonds is 8. The second-order valence-corrected chi connectivity index (χ2v) is 4.38. The summed E-state index contributed by atoms with van der Waals surface area (Å²) in [5.41, 5.74) is 0. The smallest absolute Gasteiger partial charge is 0.326 e. The number of hydrogen-bond acceptors (Lipinski definition) is 4. The maximum atomic E-state index is 11.8. The topological polar surface area (TPSA) is 88.1 Å². The van der Waals surface area contributed by atoms with Gasteiger partial charge in [0.1, 0.15) is 6.04 Å². The van der Waals surface area contributed by atoms with Crippen LogP contribution in [0.5, 0.6) is 0 Å². The molecule has 1 aliphatic heterocycles. The predicted octanol–water partition coefficient (Wildman–Crippen LogP) is 0.298. The maximum absolute atomic E-state index is 11.8.